The quantitative estimate of drug-likeness (QED) is 0.202. The third-order valence-electron chi connectivity index (χ3n) is 0. The summed E-state index contributed by atoms with van der Waals surface area (Å²) in [6, 6.07) is 0. The Hall–Kier alpha value is -0.175. The van der Waals surface area contributed by atoms with E-state index in [1.54, 1.807) is 0 Å². The molecule has 0 radical (unpaired) electrons. The van der Waals surface area contributed by atoms with Crippen LogP contribution in [0.1, 0.15) is 0 Å². The molecular formula is C3H18BN3O3. The molecule has 0 spiro atoms. The van der Waals surface area contributed by atoms with Crippen LogP contribution in [0.4, 0.5) is 0 Å². The number of hydrogen-bond acceptors (Lipinski definition) is 6. The van der Waals surface area contributed by atoms with Crippen molar-refractivity contribution in [2.45, 2.75) is 0 Å². The zero-order chi connectivity index (χ0) is 9.58. The minimum Gasteiger partial charge on any atom is -0.402 e. The molecule has 0 saturated heterocycles. The molecule has 0 aliphatic carbocycles. The van der Waals surface area contributed by atoms with Gasteiger partial charge in [0.15, 0.2) is 0 Å². The van der Waals surface area contributed by atoms with Crippen LogP contribution >= 0.6 is 0 Å². The van der Waals surface area contributed by atoms with E-state index in [9.17, 15) is 0 Å². The summed E-state index contributed by atoms with van der Waals surface area (Å²) in [5, 5.41) is 21.5. The number of nitrogens with two attached hydrogens (primary N) is 3. The van der Waals surface area contributed by atoms with Gasteiger partial charge in [-0.1, -0.05) is 0 Å². The van der Waals surface area contributed by atoms with Gasteiger partial charge in [0.25, 0.3) is 0 Å². The van der Waals surface area contributed by atoms with E-state index in [1.165, 1.54) is 21.1 Å². The largest absolute Gasteiger partial charge is 0.631 e. The van der Waals surface area contributed by atoms with E-state index >= 15 is 0 Å². The molecule has 7 heteroatoms. The van der Waals surface area contributed by atoms with E-state index in [4.69, 9.17) is 15.1 Å². The van der Waals surface area contributed by atoms with E-state index in [1.807, 2.05) is 0 Å². The van der Waals surface area contributed by atoms with Crippen LogP contribution < -0.4 is 17.2 Å². The monoisotopic (exact) mass is 155 g/mol. The minimum absolute atomic E-state index is 1.50. The van der Waals surface area contributed by atoms with Gasteiger partial charge >= 0.3 is 7.32 Å². The van der Waals surface area contributed by atoms with Crippen molar-refractivity contribution >= 4 is 7.32 Å². The molecular weight excluding hydrogens is 137 g/mol. The molecule has 0 bridgehead atoms. The lowest BCUT2D eigenvalue weighted by Crippen LogP contribution is -2.07. The minimum atomic E-state index is -2.17. The maximum Gasteiger partial charge on any atom is 0.631 e. The zero-order valence-corrected chi connectivity index (χ0v) is 6.65. The highest BCUT2D eigenvalue weighted by atomic mass is 16.5. The van der Waals surface area contributed by atoms with Crippen molar-refractivity contribution in [3.05, 3.63) is 0 Å². The van der Waals surface area contributed by atoms with Crippen LogP contribution in [0.25, 0.3) is 0 Å². The van der Waals surface area contributed by atoms with Gasteiger partial charge in [0.2, 0.25) is 0 Å². The van der Waals surface area contributed by atoms with Gasteiger partial charge < -0.3 is 32.3 Å². The van der Waals surface area contributed by atoms with Crippen LogP contribution in [0.2, 0.25) is 0 Å². The van der Waals surface area contributed by atoms with Crippen molar-refractivity contribution < 1.29 is 15.1 Å². The average molecular weight is 155 g/mol. The van der Waals surface area contributed by atoms with E-state index in [0.29, 0.717) is 0 Å². The normalized spacial score (nSPS) is 4.50. The Kier molecular flexibility index (Phi) is 153. The van der Waals surface area contributed by atoms with Gasteiger partial charge in [0.1, 0.15) is 0 Å². The summed E-state index contributed by atoms with van der Waals surface area (Å²) in [6.45, 7) is 0. The van der Waals surface area contributed by atoms with Gasteiger partial charge in [-0.3, -0.25) is 0 Å². The Morgan fingerprint density at radius 1 is 0.700 bits per heavy atom. The lowest BCUT2D eigenvalue weighted by Gasteiger charge is -1.69. The summed E-state index contributed by atoms with van der Waals surface area (Å²) in [5.74, 6) is 0. The fourth-order valence-electron chi connectivity index (χ4n) is 0. The van der Waals surface area contributed by atoms with Gasteiger partial charge in [0.05, 0.1) is 0 Å². The molecule has 0 rings (SSSR count). The van der Waals surface area contributed by atoms with E-state index in [2.05, 4.69) is 17.2 Å². The highest BCUT2D eigenvalue weighted by Crippen LogP contribution is 1.40. The summed E-state index contributed by atoms with van der Waals surface area (Å²) in [5.41, 5.74) is 13.5. The molecule has 0 aliphatic rings. The van der Waals surface area contributed by atoms with Gasteiger partial charge in [0, 0.05) is 0 Å². The Morgan fingerprint density at radius 2 is 0.700 bits per heavy atom. The summed E-state index contributed by atoms with van der Waals surface area (Å²) in [7, 11) is 2.33. The molecule has 0 saturated carbocycles. The van der Waals surface area contributed by atoms with E-state index in [-0.39, 0.29) is 0 Å². The molecule has 0 fully saturated rings. The molecule has 0 unspecified atom stereocenters. The zero-order valence-electron chi connectivity index (χ0n) is 6.65. The molecule has 6 nitrogen and oxygen atoms in total. The van der Waals surface area contributed by atoms with E-state index < -0.39 is 7.32 Å². The second-order valence-electron chi connectivity index (χ2n) is 0.346. The molecule has 0 aromatic rings. The maximum atomic E-state index is 7.17. The second-order valence-corrected chi connectivity index (χ2v) is 0.346. The number of hydrogen-bond donors (Lipinski definition) is 6. The van der Waals surface area contributed by atoms with Gasteiger partial charge in [-0.05, 0) is 21.1 Å². The molecule has 0 atom stereocenters. The first kappa shape index (κ1) is 22.6. The van der Waals surface area contributed by atoms with Gasteiger partial charge in [-0.25, -0.2) is 0 Å². The second kappa shape index (κ2) is 67.7. The van der Waals surface area contributed by atoms with Crippen molar-refractivity contribution in [2.75, 3.05) is 21.1 Å². The third-order valence-corrected chi connectivity index (χ3v) is 0. The summed E-state index contributed by atoms with van der Waals surface area (Å²) in [6.07, 6.45) is 0. The van der Waals surface area contributed by atoms with Crippen LogP contribution in [0.15, 0.2) is 0 Å². The van der Waals surface area contributed by atoms with Crippen LogP contribution in [-0.2, 0) is 0 Å². The van der Waals surface area contributed by atoms with Gasteiger partial charge in [-0.2, -0.15) is 0 Å². The molecule has 66 valence electrons. The molecule has 0 aliphatic heterocycles. The van der Waals surface area contributed by atoms with Gasteiger partial charge in [-0.15, -0.1) is 0 Å². The van der Waals surface area contributed by atoms with Crippen LogP contribution in [0.3, 0.4) is 0 Å². The molecule has 9 N–H and O–H groups in total. The highest BCUT2D eigenvalue weighted by Gasteiger charge is 1.92. The standard InChI is InChI=1S/3CH5N.BH3O3/c3*1-2;2-1(3)4/h3*2H2,1H3;2-4H. The summed E-state index contributed by atoms with van der Waals surface area (Å²) < 4.78 is 0. The van der Waals surface area contributed by atoms with E-state index in [0.717, 1.165) is 0 Å². The Balaban J connectivity index is -0.0000000262. The Bertz CT molecular complexity index is 23.7. The number of rotatable bonds is 0. The molecule has 10 heavy (non-hydrogen) atoms. The molecule has 0 heterocycles. The maximum absolute atomic E-state index is 7.17. The van der Waals surface area contributed by atoms with Crippen molar-refractivity contribution in [1.29, 1.82) is 0 Å². The summed E-state index contributed by atoms with van der Waals surface area (Å²) >= 11 is 0. The third kappa shape index (κ3) is 11900. The molecule has 0 aromatic carbocycles. The fourth-order valence-corrected chi connectivity index (χ4v) is 0. The van der Waals surface area contributed by atoms with Crippen LogP contribution in [-0.4, -0.2) is 43.5 Å². The molecule has 0 aromatic heterocycles. The average Bonchev–Trinajstić information content (AvgIpc) is 1.98. The molecule has 0 amide bonds. The topological polar surface area (TPSA) is 139 Å². The van der Waals surface area contributed by atoms with Crippen molar-refractivity contribution in [2.24, 2.45) is 17.2 Å². The van der Waals surface area contributed by atoms with Crippen LogP contribution in [0, 0.1) is 0 Å². The Labute approximate surface area is 61.8 Å². The fraction of sp³-hybridized carbons (Fsp3) is 1.00. The SMILES string of the molecule is CN.CN.CN.OB(O)O. The Morgan fingerprint density at radius 3 is 0.700 bits per heavy atom. The van der Waals surface area contributed by atoms with Crippen molar-refractivity contribution in [3.8, 4) is 0 Å². The predicted octanol–water partition coefficient (Wildman–Crippen LogP) is -3.33. The summed E-state index contributed by atoms with van der Waals surface area (Å²) in [4.78, 5) is 0. The first-order chi connectivity index (χ1) is 4.73. The first-order valence-electron chi connectivity index (χ1n) is 2.51. The lowest BCUT2D eigenvalue weighted by atomic mass is 10.3. The lowest BCUT2D eigenvalue weighted by molar-refractivity contribution is 0.278. The highest BCUT2D eigenvalue weighted by molar-refractivity contribution is 6.30. The smallest absolute Gasteiger partial charge is 0.402 e. The van der Waals surface area contributed by atoms with Crippen molar-refractivity contribution in [3.63, 3.8) is 0 Å². The predicted molar refractivity (Wildman–Crippen MR) is 42.7 cm³/mol. The van der Waals surface area contributed by atoms with Crippen LogP contribution in [0.5, 0.6) is 0 Å². The van der Waals surface area contributed by atoms with Crippen molar-refractivity contribution in [1.82, 2.24) is 0 Å². The first-order valence-corrected chi connectivity index (χ1v) is 2.51.